The van der Waals surface area contributed by atoms with Crippen LogP contribution in [0.15, 0.2) is 48.7 Å². The summed E-state index contributed by atoms with van der Waals surface area (Å²) in [5.74, 6) is 0.815. The first-order chi connectivity index (χ1) is 13.5. The van der Waals surface area contributed by atoms with Crippen LogP contribution in [0.5, 0.6) is 17.2 Å². The molecule has 0 aliphatic carbocycles. The van der Waals surface area contributed by atoms with Crippen molar-refractivity contribution in [2.24, 2.45) is 0 Å². The maximum atomic E-state index is 10.2. The third-order valence-electron chi connectivity index (χ3n) is 5.95. The minimum absolute atomic E-state index is 0.129. The number of nitrogens with zero attached hydrogens (tertiary/aromatic N) is 1. The number of rotatable bonds is 4. The lowest BCUT2D eigenvalue weighted by Crippen LogP contribution is -2.19. The van der Waals surface area contributed by atoms with Gasteiger partial charge in [0, 0.05) is 22.7 Å². The Morgan fingerprint density at radius 2 is 1.21 bits per heavy atom. The van der Waals surface area contributed by atoms with E-state index in [1.54, 1.807) is 30.5 Å². The molecule has 0 saturated heterocycles. The molecule has 29 heavy (non-hydrogen) atoms. The molecule has 3 rings (SSSR count). The van der Waals surface area contributed by atoms with Crippen LogP contribution in [0.1, 0.15) is 65.5 Å². The van der Waals surface area contributed by atoms with Crippen LogP contribution >= 0.6 is 0 Å². The molecule has 0 aliphatic heterocycles. The zero-order valence-corrected chi connectivity index (χ0v) is 18.3. The first-order valence-corrected chi connectivity index (χ1v) is 10.1. The molecule has 156 valence electrons. The molecule has 1 heterocycles. The minimum Gasteiger partial charge on any atom is -0.508 e. The van der Waals surface area contributed by atoms with Gasteiger partial charge >= 0.3 is 0 Å². The lowest BCUT2D eigenvalue weighted by atomic mass is 9.77. The van der Waals surface area contributed by atoms with Crippen LogP contribution in [-0.2, 0) is 10.8 Å². The first kappa shape index (κ1) is 22.5. The van der Waals surface area contributed by atoms with Gasteiger partial charge in [0.05, 0.1) is 0 Å². The number of fused-ring (bicyclic) bond motifs is 1. The summed E-state index contributed by atoms with van der Waals surface area (Å²) in [7, 11) is 0. The molecule has 0 bridgehead atoms. The SMILES string of the molecule is CCC(C)(C)c1cc(O)c(C(C)(C)CC)cc1O.Oc1cccc2cccnc12. The van der Waals surface area contributed by atoms with Gasteiger partial charge in [-0.15, -0.1) is 0 Å². The van der Waals surface area contributed by atoms with E-state index in [2.05, 4.69) is 46.5 Å². The predicted octanol–water partition coefficient (Wildman–Crippen LogP) is 6.41. The van der Waals surface area contributed by atoms with E-state index in [-0.39, 0.29) is 28.1 Å². The molecule has 0 amide bonds. The molecule has 4 nitrogen and oxygen atoms in total. The Hall–Kier alpha value is -2.75. The fourth-order valence-corrected chi connectivity index (χ4v) is 3.13. The largest absolute Gasteiger partial charge is 0.508 e. The second-order valence-corrected chi connectivity index (χ2v) is 8.71. The Labute approximate surface area is 173 Å². The van der Waals surface area contributed by atoms with E-state index < -0.39 is 0 Å². The van der Waals surface area contributed by atoms with Crippen molar-refractivity contribution in [3.05, 3.63) is 59.8 Å². The molecular weight excluding hydrogens is 362 g/mol. The molecule has 0 fully saturated rings. The lowest BCUT2D eigenvalue weighted by molar-refractivity contribution is 0.400. The number of aromatic hydroxyl groups is 3. The van der Waals surface area contributed by atoms with Crippen molar-refractivity contribution in [3.8, 4) is 17.2 Å². The summed E-state index contributed by atoms with van der Waals surface area (Å²) in [4.78, 5) is 4.03. The van der Waals surface area contributed by atoms with Crippen molar-refractivity contribution < 1.29 is 15.3 Å². The molecule has 2 aromatic carbocycles. The van der Waals surface area contributed by atoms with E-state index in [1.165, 1.54) is 0 Å². The Balaban J connectivity index is 0.000000230. The molecular formula is C25H33NO3. The van der Waals surface area contributed by atoms with E-state index >= 15 is 0 Å². The van der Waals surface area contributed by atoms with Gasteiger partial charge in [-0.1, -0.05) is 59.7 Å². The van der Waals surface area contributed by atoms with Crippen molar-refractivity contribution >= 4 is 10.9 Å². The van der Waals surface area contributed by atoms with Crippen LogP contribution < -0.4 is 0 Å². The van der Waals surface area contributed by atoms with Crippen LogP contribution in [0.25, 0.3) is 10.9 Å². The second-order valence-electron chi connectivity index (χ2n) is 8.71. The summed E-state index contributed by atoms with van der Waals surface area (Å²) in [5, 5.41) is 30.7. The van der Waals surface area contributed by atoms with E-state index in [0.29, 0.717) is 5.52 Å². The van der Waals surface area contributed by atoms with Crippen LogP contribution in [0.3, 0.4) is 0 Å². The summed E-state index contributed by atoms with van der Waals surface area (Å²) in [6.07, 6.45) is 3.50. The fourth-order valence-electron chi connectivity index (χ4n) is 3.13. The molecule has 0 unspecified atom stereocenters. The monoisotopic (exact) mass is 395 g/mol. The number of phenols is 3. The molecule has 4 heteroatoms. The van der Waals surface area contributed by atoms with Gasteiger partial charge in [-0.25, -0.2) is 0 Å². The highest BCUT2D eigenvalue weighted by Crippen LogP contribution is 2.42. The minimum atomic E-state index is -0.129. The number of hydrogen-bond acceptors (Lipinski definition) is 4. The van der Waals surface area contributed by atoms with Crippen LogP contribution in [0.2, 0.25) is 0 Å². The van der Waals surface area contributed by atoms with Crippen LogP contribution in [-0.4, -0.2) is 20.3 Å². The fraction of sp³-hybridized carbons (Fsp3) is 0.400. The normalized spacial score (nSPS) is 11.8. The molecule has 0 aliphatic rings. The highest BCUT2D eigenvalue weighted by atomic mass is 16.3. The summed E-state index contributed by atoms with van der Waals surface area (Å²) in [6, 6.07) is 12.6. The van der Waals surface area contributed by atoms with Gasteiger partial charge in [-0.05, 0) is 47.9 Å². The van der Waals surface area contributed by atoms with E-state index in [1.807, 2.05) is 18.2 Å². The summed E-state index contributed by atoms with van der Waals surface area (Å²) in [6.45, 7) is 12.5. The van der Waals surface area contributed by atoms with Gasteiger partial charge in [0.25, 0.3) is 0 Å². The Kier molecular flexibility index (Phi) is 6.78. The van der Waals surface area contributed by atoms with Gasteiger partial charge in [0.2, 0.25) is 0 Å². The number of benzene rings is 2. The molecule has 0 saturated carbocycles. The number of aromatic nitrogens is 1. The van der Waals surface area contributed by atoms with E-state index in [4.69, 9.17) is 0 Å². The van der Waals surface area contributed by atoms with Gasteiger partial charge in [-0.3, -0.25) is 4.98 Å². The zero-order chi connectivity index (χ0) is 21.8. The zero-order valence-electron chi connectivity index (χ0n) is 18.3. The third kappa shape index (κ3) is 5.00. The lowest BCUT2D eigenvalue weighted by Gasteiger charge is -2.29. The molecule has 3 N–H and O–H groups in total. The molecule has 1 aromatic heterocycles. The summed E-state index contributed by atoms with van der Waals surface area (Å²) in [5.41, 5.74) is 2.04. The Bertz CT molecular complexity index is 930. The maximum absolute atomic E-state index is 10.2. The molecule has 0 radical (unpaired) electrons. The highest BCUT2D eigenvalue weighted by Gasteiger charge is 2.28. The molecule has 0 atom stereocenters. The number of hydrogen-bond donors (Lipinski definition) is 3. The predicted molar refractivity (Wildman–Crippen MR) is 120 cm³/mol. The third-order valence-corrected chi connectivity index (χ3v) is 5.95. The van der Waals surface area contributed by atoms with Crippen molar-refractivity contribution in [3.63, 3.8) is 0 Å². The van der Waals surface area contributed by atoms with Crippen LogP contribution in [0.4, 0.5) is 0 Å². The standard InChI is InChI=1S/C16H26O2.C9H7NO/c1-7-15(3,4)11-9-14(18)12(10-13(11)17)16(5,6)8-2;11-8-5-1-3-7-4-2-6-10-9(7)8/h9-10,17-18H,7-8H2,1-6H3;1-6,11H. The first-order valence-electron chi connectivity index (χ1n) is 10.1. The average molecular weight is 396 g/mol. The molecule has 3 aromatic rings. The van der Waals surface area contributed by atoms with Gasteiger partial charge in [0.1, 0.15) is 22.8 Å². The smallest absolute Gasteiger partial charge is 0.141 e. The van der Waals surface area contributed by atoms with Gasteiger partial charge in [0.15, 0.2) is 0 Å². The maximum Gasteiger partial charge on any atom is 0.141 e. The summed E-state index contributed by atoms with van der Waals surface area (Å²) < 4.78 is 0. The number of phenolic OH excluding ortho intramolecular Hbond substituents is 3. The van der Waals surface area contributed by atoms with Crippen molar-refractivity contribution in [1.29, 1.82) is 0 Å². The van der Waals surface area contributed by atoms with Gasteiger partial charge in [-0.2, -0.15) is 0 Å². The van der Waals surface area contributed by atoms with E-state index in [9.17, 15) is 15.3 Å². The van der Waals surface area contributed by atoms with Crippen LogP contribution in [0, 0.1) is 0 Å². The van der Waals surface area contributed by atoms with Crippen molar-refractivity contribution in [2.75, 3.05) is 0 Å². The van der Waals surface area contributed by atoms with Crippen molar-refractivity contribution in [1.82, 2.24) is 4.98 Å². The van der Waals surface area contributed by atoms with E-state index in [0.717, 1.165) is 29.4 Å². The number of pyridine rings is 1. The second kappa shape index (κ2) is 8.73. The Morgan fingerprint density at radius 3 is 1.66 bits per heavy atom. The van der Waals surface area contributed by atoms with Gasteiger partial charge < -0.3 is 15.3 Å². The summed E-state index contributed by atoms with van der Waals surface area (Å²) >= 11 is 0. The Morgan fingerprint density at radius 1 is 0.724 bits per heavy atom. The average Bonchev–Trinajstić information content (AvgIpc) is 2.70. The van der Waals surface area contributed by atoms with Crippen molar-refractivity contribution in [2.45, 2.75) is 65.2 Å². The number of para-hydroxylation sites is 1. The quantitative estimate of drug-likeness (QED) is 0.446. The topological polar surface area (TPSA) is 73.6 Å². The molecule has 0 spiro atoms. The highest BCUT2D eigenvalue weighted by molar-refractivity contribution is 5.83.